The van der Waals surface area contributed by atoms with Crippen LogP contribution in [0.2, 0.25) is 0 Å². The Kier molecular flexibility index (Phi) is 6.40. The summed E-state index contributed by atoms with van der Waals surface area (Å²) >= 11 is 0. The van der Waals surface area contributed by atoms with Crippen molar-refractivity contribution in [3.63, 3.8) is 0 Å². The molecule has 0 unspecified atom stereocenters. The van der Waals surface area contributed by atoms with E-state index in [9.17, 15) is 31.2 Å². The highest BCUT2D eigenvalue weighted by Crippen LogP contribution is 2.43. The molecular formula is C25H24F3N5O5S. The molecule has 5 rings (SSSR count). The molecule has 2 aliphatic rings. The summed E-state index contributed by atoms with van der Waals surface area (Å²) in [4.78, 5) is 30.4. The quantitative estimate of drug-likeness (QED) is 0.471. The number of anilines is 1. The monoisotopic (exact) mass is 563 g/mol. The van der Waals surface area contributed by atoms with Gasteiger partial charge in [-0.1, -0.05) is 12.1 Å². The standard InChI is InChI=1S/C25H24F3N5O5S/c1-14-3-6-18(29-10-14)20-21(30-19(34)11-39(2,36)37)22-23(35)31-24(12-33(22)32-20)8-7-15-9-16(4-5-17(15)24)38-13-25(26,27)28/h3-6,9-10H,7-8,11-13H2,1-2H3,(H,30,34)(H,31,35)/t24-/m1/s1. The maximum absolute atomic E-state index is 13.5. The van der Waals surface area contributed by atoms with E-state index >= 15 is 0 Å². The summed E-state index contributed by atoms with van der Waals surface area (Å²) in [6.45, 7) is 0.608. The van der Waals surface area contributed by atoms with Crippen molar-refractivity contribution in [1.29, 1.82) is 0 Å². The molecule has 0 saturated heterocycles. The summed E-state index contributed by atoms with van der Waals surface area (Å²) in [6.07, 6.45) is -0.991. The van der Waals surface area contributed by atoms with E-state index in [1.807, 2.05) is 6.92 Å². The molecule has 1 aliphatic heterocycles. The van der Waals surface area contributed by atoms with Crippen molar-refractivity contribution in [1.82, 2.24) is 20.1 Å². The number of fused-ring (bicyclic) bond motifs is 3. The highest BCUT2D eigenvalue weighted by Gasteiger charge is 2.46. The molecule has 0 bridgehead atoms. The van der Waals surface area contributed by atoms with Gasteiger partial charge in [-0.3, -0.25) is 19.3 Å². The summed E-state index contributed by atoms with van der Waals surface area (Å²) in [5.74, 6) is -2.08. The highest BCUT2D eigenvalue weighted by molar-refractivity contribution is 7.91. The lowest BCUT2D eigenvalue weighted by Crippen LogP contribution is -2.52. The first kappa shape index (κ1) is 26.7. The Balaban J connectivity index is 1.52. The summed E-state index contributed by atoms with van der Waals surface area (Å²) < 4.78 is 67.4. The largest absolute Gasteiger partial charge is 0.484 e. The zero-order valence-electron chi connectivity index (χ0n) is 20.9. The van der Waals surface area contributed by atoms with Gasteiger partial charge in [-0.25, -0.2) is 8.42 Å². The van der Waals surface area contributed by atoms with Gasteiger partial charge in [0.25, 0.3) is 5.91 Å². The van der Waals surface area contributed by atoms with Gasteiger partial charge in [-0.15, -0.1) is 0 Å². The second-order valence-corrected chi connectivity index (χ2v) is 12.0. The fourth-order valence-electron chi connectivity index (χ4n) is 4.97. The number of rotatable bonds is 6. The molecule has 1 spiro atoms. The molecular weight excluding hydrogens is 539 g/mol. The van der Waals surface area contributed by atoms with Crippen LogP contribution in [-0.2, 0) is 33.1 Å². The number of carbonyl (C=O) groups excluding carboxylic acids is 2. The summed E-state index contributed by atoms with van der Waals surface area (Å²) in [7, 11) is -3.64. The molecule has 2 N–H and O–H groups in total. The second kappa shape index (κ2) is 9.36. The van der Waals surface area contributed by atoms with Crippen molar-refractivity contribution in [2.75, 3.05) is 23.9 Å². The van der Waals surface area contributed by atoms with Gasteiger partial charge < -0.3 is 15.4 Å². The Morgan fingerprint density at radius 3 is 2.69 bits per heavy atom. The number of nitrogens with one attached hydrogen (secondary N) is 2. The number of pyridine rings is 1. The van der Waals surface area contributed by atoms with E-state index in [0.29, 0.717) is 18.5 Å². The number of aryl methyl sites for hydroxylation is 2. The highest BCUT2D eigenvalue weighted by atomic mass is 32.2. The average molecular weight is 564 g/mol. The number of carbonyl (C=O) groups is 2. The lowest BCUT2D eigenvalue weighted by molar-refractivity contribution is -0.153. The van der Waals surface area contributed by atoms with Gasteiger partial charge in [0.05, 0.1) is 17.8 Å². The smallest absolute Gasteiger partial charge is 0.422 e. The van der Waals surface area contributed by atoms with Crippen LogP contribution in [-0.4, -0.2) is 59.8 Å². The van der Waals surface area contributed by atoms with Gasteiger partial charge in [-0.05, 0) is 54.7 Å². The van der Waals surface area contributed by atoms with Crippen molar-refractivity contribution in [3.05, 3.63) is 58.9 Å². The molecule has 1 aliphatic carbocycles. The molecule has 0 radical (unpaired) electrons. The number of sulfone groups is 1. The van der Waals surface area contributed by atoms with E-state index in [2.05, 4.69) is 20.7 Å². The number of hydrogen-bond donors (Lipinski definition) is 2. The van der Waals surface area contributed by atoms with E-state index in [1.54, 1.807) is 30.5 Å². The van der Waals surface area contributed by atoms with E-state index < -0.39 is 45.7 Å². The van der Waals surface area contributed by atoms with E-state index in [4.69, 9.17) is 4.74 Å². The number of hydrogen-bond acceptors (Lipinski definition) is 7. The molecule has 3 heterocycles. The van der Waals surface area contributed by atoms with Crippen LogP contribution in [0.15, 0.2) is 36.5 Å². The van der Waals surface area contributed by atoms with Crippen molar-refractivity contribution in [2.24, 2.45) is 0 Å². The van der Waals surface area contributed by atoms with Crippen molar-refractivity contribution >= 4 is 27.3 Å². The molecule has 14 heteroatoms. The van der Waals surface area contributed by atoms with Crippen LogP contribution in [0.4, 0.5) is 18.9 Å². The Bertz CT molecular complexity index is 1580. The molecule has 1 atom stereocenters. The normalized spacial score (nSPS) is 18.4. The van der Waals surface area contributed by atoms with Gasteiger partial charge >= 0.3 is 6.18 Å². The predicted octanol–water partition coefficient (Wildman–Crippen LogP) is 2.76. The lowest BCUT2D eigenvalue weighted by Gasteiger charge is -2.36. The van der Waals surface area contributed by atoms with Crippen LogP contribution in [0.5, 0.6) is 5.75 Å². The van der Waals surface area contributed by atoms with Crippen LogP contribution in [0.1, 0.15) is 33.6 Å². The van der Waals surface area contributed by atoms with E-state index in [0.717, 1.165) is 22.9 Å². The molecule has 39 heavy (non-hydrogen) atoms. The Hall–Kier alpha value is -3.94. The molecule has 206 valence electrons. The zero-order chi connectivity index (χ0) is 28.2. The fourth-order valence-corrected chi connectivity index (χ4v) is 5.52. The van der Waals surface area contributed by atoms with Crippen LogP contribution in [0.3, 0.4) is 0 Å². The molecule has 10 nitrogen and oxygen atoms in total. The molecule has 2 amide bonds. The van der Waals surface area contributed by atoms with Crippen molar-refractivity contribution in [2.45, 2.75) is 38.0 Å². The van der Waals surface area contributed by atoms with Crippen LogP contribution in [0, 0.1) is 6.92 Å². The van der Waals surface area contributed by atoms with Gasteiger partial charge in [0.15, 0.2) is 22.1 Å². The van der Waals surface area contributed by atoms with Crippen LogP contribution >= 0.6 is 0 Å². The third kappa shape index (κ3) is 5.46. The number of ether oxygens (including phenoxy) is 1. The summed E-state index contributed by atoms with van der Waals surface area (Å²) in [6, 6.07) is 8.08. The summed E-state index contributed by atoms with van der Waals surface area (Å²) in [5.41, 5.74) is 2.12. The molecule has 0 fully saturated rings. The minimum Gasteiger partial charge on any atom is -0.484 e. The Labute approximate surface area is 221 Å². The van der Waals surface area contributed by atoms with Crippen LogP contribution < -0.4 is 15.4 Å². The van der Waals surface area contributed by atoms with Crippen molar-refractivity contribution < 1.29 is 35.9 Å². The predicted molar refractivity (Wildman–Crippen MR) is 134 cm³/mol. The number of halogens is 3. The number of aromatic nitrogens is 3. The number of alkyl halides is 3. The van der Waals surface area contributed by atoms with Gasteiger partial charge in [0.2, 0.25) is 5.91 Å². The van der Waals surface area contributed by atoms with E-state index in [1.165, 1.54) is 10.7 Å². The fraction of sp³-hybridized carbons (Fsp3) is 0.360. The molecule has 3 aromatic rings. The first-order chi connectivity index (χ1) is 18.2. The zero-order valence-corrected chi connectivity index (χ0v) is 21.7. The van der Waals surface area contributed by atoms with E-state index in [-0.39, 0.29) is 29.4 Å². The minimum atomic E-state index is -4.47. The number of benzene rings is 1. The Morgan fingerprint density at radius 2 is 2.03 bits per heavy atom. The lowest BCUT2D eigenvalue weighted by atomic mass is 9.89. The van der Waals surface area contributed by atoms with Gasteiger partial charge in [0, 0.05) is 12.5 Å². The third-order valence-corrected chi connectivity index (χ3v) is 7.35. The van der Waals surface area contributed by atoms with Crippen molar-refractivity contribution in [3.8, 4) is 17.1 Å². The molecule has 0 saturated carbocycles. The molecule has 1 aromatic carbocycles. The Morgan fingerprint density at radius 1 is 1.26 bits per heavy atom. The van der Waals surface area contributed by atoms with Crippen LogP contribution in [0.25, 0.3) is 11.4 Å². The minimum absolute atomic E-state index is 0.0402. The maximum atomic E-state index is 13.5. The number of nitrogens with zero attached hydrogens (tertiary/aromatic N) is 3. The maximum Gasteiger partial charge on any atom is 0.422 e. The summed E-state index contributed by atoms with van der Waals surface area (Å²) in [5, 5.41) is 10.1. The second-order valence-electron chi connectivity index (χ2n) is 9.83. The first-order valence-electron chi connectivity index (χ1n) is 11.9. The molecule has 2 aromatic heterocycles. The first-order valence-corrected chi connectivity index (χ1v) is 14.0. The number of amides is 2. The SMILES string of the molecule is Cc1ccc(-c2nn3c(c2NC(=O)CS(C)(=O)=O)C(=O)N[C@]2(CCc4cc(OCC(F)(F)F)ccc42)C3)nc1. The topological polar surface area (TPSA) is 132 Å². The third-order valence-electron chi connectivity index (χ3n) is 6.57. The van der Waals surface area contributed by atoms with Gasteiger partial charge in [-0.2, -0.15) is 18.3 Å². The van der Waals surface area contributed by atoms with Gasteiger partial charge in [0.1, 0.15) is 22.9 Å². The average Bonchev–Trinajstić information content (AvgIpc) is 3.35.